The minimum Gasteiger partial charge on any atom is -0.243 e. The van der Waals surface area contributed by atoms with E-state index in [1.165, 1.54) is 13.0 Å². The van der Waals surface area contributed by atoms with Crippen molar-refractivity contribution in [3.05, 3.63) is 34.9 Å². The molecule has 1 unspecified atom stereocenters. The second-order valence-electron chi connectivity index (χ2n) is 3.00. The number of isocyanates is 1. The standard InChI is InChI=1S/C10H8F3NO/c1-6(11)7-2-8(4-14-5-15)10(13)9(12)3-7/h2-3,6H,4H2,1H3. The van der Waals surface area contributed by atoms with Gasteiger partial charge in [0.2, 0.25) is 6.08 Å². The van der Waals surface area contributed by atoms with Crippen LogP contribution in [0, 0.1) is 11.6 Å². The van der Waals surface area contributed by atoms with Crippen molar-refractivity contribution in [2.24, 2.45) is 4.99 Å². The molecule has 0 radical (unpaired) electrons. The number of halogens is 3. The van der Waals surface area contributed by atoms with Gasteiger partial charge in [-0.05, 0) is 24.6 Å². The van der Waals surface area contributed by atoms with E-state index in [0.29, 0.717) is 0 Å². The van der Waals surface area contributed by atoms with Gasteiger partial charge in [-0.3, -0.25) is 0 Å². The summed E-state index contributed by atoms with van der Waals surface area (Å²) >= 11 is 0. The molecule has 80 valence electrons. The third-order valence-electron chi connectivity index (χ3n) is 1.90. The van der Waals surface area contributed by atoms with Gasteiger partial charge in [-0.1, -0.05) is 0 Å². The molecule has 1 aromatic carbocycles. The van der Waals surface area contributed by atoms with Gasteiger partial charge in [0.15, 0.2) is 11.6 Å². The van der Waals surface area contributed by atoms with Crippen molar-refractivity contribution in [2.45, 2.75) is 19.6 Å². The first-order valence-corrected chi connectivity index (χ1v) is 4.21. The van der Waals surface area contributed by atoms with E-state index >= 15 is 0 Å². The number of carbonyl (C=O) groups excluding carboxylic acids is 1. The van der Waals surface area contributed by atoms with Crippen molar-refractivity contribution in [3.8, 4) is 0 Å². The number of hydrogen-bond donors (Lipinski definition) is 0. The molecule has 0 bridgehead atoms. The van der Waals surface area contributed by atoms with E-state index < -0.39 is 17.8 Å². The zero-order chi connectivity index (χ0) is 11.4. The van der Waals surface area contributed by atoms with Gasteiger partial charge in [0, 0.05) is 5.56 Å². The quantitative estimate of drug-likeness (QED) is 0.563. The smallest absolute Gasteiger partial charge is 0.235 e. The van der Waals surface area contributed by atoms with Crippen LogP contribution in [0.15, 0.2) is 17.1 Å². The minimum absolute atomic E-state index is 0.0185. The average molecular weight is 215 g/mol. The van der Waals surface area contributed by atoms with E-state index in [9.17, 15) is 18.0 Å². The van der Waals surface area contributed by atoms with E-state index in [2.05, 4.69) is 4.99 Å². The molecule has 2 nitrogen and oxygen atoms in total. The van der Waals surface area contributed by atoms with Gasteiger partial charge in [0.25, 0.3) is 0 Å². The van der Waals surface area contributed by atoms with Crippen LogP contribution in [0.25, 0.3) is 0 Å². The number of rotatable bonds is 3. The molecule has 1 rings (SSSR count). The molecule has 1 atom stereocenters. The summed E-state index contributed by atoms with van der Waals surface area (Å²) in [7, 11) is 0. The molecular weight excluding hydrogens is 207 g/mol. The first-order valence-electron chi connectivity index (χ1n) is 4.21. The Balaban J connectivity index is 3.18. The largest absolute Gasteiger partial charge is 0.243 e. The van der Waals surface area contributed by atoms with Crippen LogP contribution in [0.1, 0.15) is 24.2 Å². The SMILES string of the molecule is CC(F)c1cc(F)c(F)c(CN=C=O)c1. The minimum atomic E-state index is -1.40. The van der Waals surface area contributed by atoms with Gasteiger partial charge >= 0.3 is 0 Å². The molecule has 15 heavy (non-hydrogen) atoms. The summed E-state index contributed by atoms with van der Waals surface area (Å²) in [5, 5.41) is 0. The van der Waals surface area contributed by atoms with Gasteiger partial charge in [-0.25, -0.2) is 23.0 Å². The van der Waals surface area contributed by atoms with Gasteiger partial charge in [0.1, 0.15) is 6.17 Å². The molecule has 0 saturated heterocycles. The summed E-state index contributed by atoms with van der Waals surface area (Å²) < 4.78 is 38.9. The summed E-state index contributed by atoms with van der Waals surface area (Å²) in [5.41, 5.74) is -0.136. The Hall–Kier alpha value is -1.61. The average Bonchev–Trinajstić information content (AvgIpc) is 2.19. The van der Waals surface area contributed by atoms with Crippen molar-refractivity contribution in [1.29, 1.82) is 0 Å². The maximum Gasteiger partial charge on any atom is 0.235 e. The lowest BCUT2D eigenvalue weighted by Crippen LogP contribution is -1.97. The van der Waals surface area contributed by atoms with Crippen LogP contribution in [0.5, 0.6) is 0 Å². The summed E-state index contributed by atoms with van der Waals surface area (Å²) in [4.78, 5) is 12.9. The Labute approximate surface area is 84.4 Å². The maximum absolute atomic E-state index is 13.1. The lowest BCUT2D eigenvalue weighted by Gasteiger charge is -2.06. The summed E-state index contributed by atoms with van der Waals surface area (Å²) in [6.45, 7) is 0.867. The van der Waals surface area contributed by atoms with Crippen LogP contribution in [-0.4, -0.2) is 6.08 Å². The third-order valence-corrected chi connectivity index (χ3v) is 1.90. The number of nitrogens with zero attached hydrogens (tertiary/aromatic N) is 1. The lowest BCUT2D eigenvalue weighted by atomic mass is 10.1. The predicted octanol–water partition coefficient (Wildman–Crippen LogP) is 2.83. The molecule has 0 saturated carbocycles. The van der Waals surface area contributed by atoms with E-state index in [0.717, 1.165) is 12.1 Å². The second kappa shape index (κ2) is 4.75. The molecular formula is C10H8F3NO. The highest BCUT2D eigenvalue weighted by Crippen LogP contribution is 2.22. The molecule has 0 N–H and O–H groups in total. The fourth-order valence-electron chi connectivity index (χ4n) is 1.13. The Kier molecular flexibility index (Phi) is 3.63. The third kappa shape index (κ3) is 2.67. The fraction of sp³-hybridized carbons (Fsp3) is 0.300. The topological polar surface area (TPSA) is 29.4 Å². The van der Waals surface area contributed by atoms with Crippen molar-refractivity contribution >= 4 is 6.08 Å². The number of alkyl halides is 1. The van der Waals surface area contributed by atoms with Crippen molar-refractivity contribution < 1.29 is 18.0 Å². The molecule has 0 aliphatic rings. The van der Waals surface area contributed by atoms with Gasteiger partial charge < -0.3 is 0 Å². The lowest BCUT2D eigenvalue weighted by molar-refractivity contribution is 0.370. The van der Waals surface area contributed by atoms with E-state index in [4.69, 9.17) is 0 Å². The van der Waals surface area contributed by atoms with Crippen molar-refractivity contribution in [1.82, 2.24) is 0 Å². The maximum atomic E-state index is 13.1. The molecule has 1 aromatic rings. The van der Waals surface area contributed by atoms with Crippen LogP contribution in [0.3, 0.4) is 0 Å². The van der Waals surface area contributed by atoms with Crippen molar-refractivity contribution in [2.75, 3.05) is 0 Å². The van der Waals surface area contributed by atoms with E-state index in [1.807, 2.05) is 0 Å². The number of benzene rings is 1. The highest BCUT2D eigenvalue weighted by molar-refractivity contribution is 5.35. The van der Waals surface area contributed by atoms with Gasteiger partial charge in [-0.15, -0.1) is 0 Å². The number of hydrogen-bond acceptors (Lipinski definition) is 2. The van der Waals surface area contributed by atoms with Gasteiger partial charge in [-0.2, -0.15) is 0 Å². The number of aliphatic imine (C=N–C) groups is 1. The molecule has 0 heterocycles. The zero-order valence-corrected chi connectivity index (χ0v) is 7.93. The van der Waals surface area contributed by atoms with E-state index in [1.54, 1.807) is 0 Å². The molecule has 0 spiro atoms. The highest BCUT2D eigenvalue weighted by Gasteiger charge is 2.13. The van der Waals surface area contributed by atoms with Crippen LogP contribution in [0.4, 0.5) is 13.2 Å². The normalized spacial score (nSPS) is 12.0. The zero-order valence-electron chi connectivity index (χ0n) is 7.93. The van der Waals surface area contributed by atoms with Crippen LogP contribution < -0.4 is 0 Å². The fourth-order valence-corrected chi connectivity index (χ4v) is 1.13. The Bertz CT molecular complexity index is 411. The van der Waals surface area contributed by atoms with Crippen LogP contribution in [-0.2, 0) is 11.3 Å². The Morgan fingerprint density at radius 3 is 2.67 bits per heavy atom. The summed E-state index contributed by atoms with van der Waals surface area (Å²) in [6.07, 6.45) is -0.200. The predicted molar refractivity (Wildman–Crippen MR) is 47.7 cm³/mol. The second-order valence-corrected chi connectivity index (χ2v) is 3.00. The van der Waals surface area contributed by atoms with E-state index in [-0.39, 0.29) is 17.7 Å². The summed E-state index contributed by atoms with van der Waals surface area (Å²) in [6, 6.07) is 1.93. The Morgan fingerprint density at radius 2 is 2.13 bits per heavy atom. The van der Waals surface area contributed by atoms with Crippen molar-refractivity contribution in [3.63, 3.8) is 0 Å². The highest BCUT2D eigenvalue weighted by atomic mass is 19.2. The first-order chi connectivity index (χ1) is 7.06. The molecule has 0 aromatic heterocycles. The molecule has 0 aliphatic carbocycles. The molecule has 0 aliphatic heterocycles. The monoisotopic (exact) mass is 215 g/mol. The molecule has 0 amide bonds. The summed E-state index contributed by atoms with van der Waals surface area (Å²) in [5.74, 6) is -2.26. The van der Waals surface area contributed by atoms with Gasteiger partial charge in [0.05, 0.1) is 6.54 Å². The molecule has 5 heteroatoms. The van der Waals surface area contributed by atoms with Crippen LogP contribution in [0.2, 0.25) is 0 Å². The molecule has 0 fully saturated rings. The first kappa shape index (κ1) is 11.5. The Morgan fingerprint density at radius 1 is 1.47 bits per heavy atom. The van der Waals surface area contributed by atoms with Crippen LogP contribution >= 0.6 is 0 Å².